The van der Waals surface area contributed by atoms with Gasteiger partial charge in [0.25, 0.3) is 0 Å². The first kappa shape index (κ1) is 16.7. The summed E-state index contributed by atoms with van der Waals surface area (Å²) in [4.78, 5) is 22.4. The Morgan fingerprint density at radius 2 is 2.00 bits per heavy atom. The van der Waals surface area contributed by atoms with Crippen LogP contribution in [0.5, 0.6) is 0 Å². The quantitative estimate of drug-likeness (QED) is 0.581. The maximum atomic E-state index is 11.6. The summed E-state index contributed by atoms with van der Waals surface area (Å²) in [6.07, 6.45) is 2.27. The van der Waals surface area contributed by atoms with Gasteiger partial charge in [-0.2, -0.15) is 0 Å². The number of ether oxygens (including phenoxy) is 1. The largest absolute Gasteiger partial charge is 0.481 e. The van der Waals surface area contributed by atoms with Crippen molar-refractivity contribution in [3.8, 4) is 0 Å². The lowest BCUT2D eigenvalue weighted by molar-refractivity contribution is -0.141. The monoisotopic (exact) mass is 260 g/mol. The van der Waals surface area contributed by atoms with Crippen molar-refractivity contribution in [1.82, 2.24) is 10.6 Å². The Hall–Kier alpha value is -1.30. The molecule has 0 heterocycles. The number of carbonyl (C=O) groups is 2. The highest BCUT2D eigenvalue weighted by atomic mass is 16.5. The number of nitrogens with one attached hydrogen (secondary N) is 2. The SMILES string of the molecule is CCCC(COC)NC(=O)NCC(CC)C(=O)O. The van der Waals surface area contributed by atoms with E-state index in [9.17, 15) is 9.59 Å². The van der Waals surface area contributed by atoms with Gasteiger partial charge in [0.05, 0.1) is 18.6 Å². The van der Waals surface area contributed by atoms with Gasteiger partial charge in [0.1, 0.15) is 0 Å². The van der Waals surface area contributed by atoms with Gasteiger partial charge in [-0.1, -0.05) is 20.3 Å². The standard InChI is InChI=1S/C12H24N2O4/c1-4-6-10(8-18-3)14-12(17)13-7-9(5-2)11(15)16/h9-10H,4-8H2,1-3H3,(H,15,16)(H2,13,14,17). The van der Waals surface area contributed by atoms with E-state index in [0.717, 1.165) is 12.8 Å². The molecule has 0 spiro atoms. The first-order valence-corrected chi connectivity index (χ1v) is 6.31. The summed E-state index contributed by atoms with van der Waals surface area (Å²) < 4.78 is 5.01. The molecule has 2 atom stereocenters. The van der Waals surface area contributed by atoms with E-state index in [2.05, 4.69) is 10.6 Å². The number of rotatable bonds is 9. The minimum Gasteiger partial charge on any atom is -0.481 e. The van der Waals surface area contributed by atoms with Gasteiger partial charge in [0.15, 0.2) is 0 Å². The molecule has 2 amide bonds. The second-order valence-electron chi connectivity index (χ2n) is 4.24. The van der Waals surface area contributed by atoms with Crippen molar-refractivity contribution in [2.45, 2.75) is 39.2 Å². The molecule has 0 rings (SSSR count). The number of carboxylic acid groups (broad SMARTS) is 1. The summed E-state index contributed by atoms with van der Waals surface area (Å²) in [6.45, 7) is 4.41. The van der Waals surface area contributed by atoms with Crippen LogP contribution in [-0.2, 0) is 9.53 Å². The highest BCUT2D eigenvalue weighted by Crippen LogP contribution is 2.01. The second-order valence-corrected chi connectivity index (χ2v) is 4.24. The number of aliphatic carboxylic acids is 1. The van der Waals surface area contributed by atoms with Gasteiger partial charge in [-0.15, -0.1) is 0 Å². The molecule has 0 aromatic heterocycles. The molecule has 2 unspecified atom stereocenters. The predicted octanol–water partition coefficient (Wildman–Crippen LogP) is 1.21. The molecule has 106 valence electrons. The Morgan fingerprint density at radius 3 is 2.44 bits per heavy atom. The number of amides is 2. The van der Waals surface area contributed by atoms with Crippen molar-refractivity contribution in [3.63, 3.8) is 0 Å². The smallest absolute Gasteiger partial charge is 0.315 e. The number of carbonyl (C=O) groups excluding carboxylic acids is 1. The average Bonchev–Trinajstić information content (AvgIpc) is 2.30. The number of urea groups is 1. The minimum atomic E-state index is -0.889. The van der Waals surface area contributed by atoms with E-state index in [4.69, 9.17) is 9.84 Å². The summed E-state index contributed by atoms with van der Waals surface area (Å²) >= 11 is 0. The van der Waals surface area contributed by atoms with Crippen LogP contribution in [0.25, 0.3) is 0 Å². The summed E-state index contributed by atoms with van der Waals surface area (Å²) in [5, 5.41) is 14.2. The third-order valence-corrected chi connectivity index (χ3v) is 2.69. The lowest BCUT2D eigenvalue weighted by Crippen LogP contribution is -2.46. The molecule has 0 saturated carbocycles. The van der Waals surface area contributed by atoms with Crippen LogP contribution in [0.1, 0.15) is 33.1 Å². The Kier molecular flexibility index (Phi) is 9.00. The lowest BCUT2D eigenvalue weighted by atomic mass is 10.1. The molecule has 0 fully saturated rings. The Bertz CT molecular complexity index is 252. The molecule has 0 saturated heterocycles. The highest BCUT2D eigenvalue weighted by molar-refractivity contribution is 5.76. The van der Waals surface area contributed by atoms with Gasteiger partial charge in [-0.05, 0) is 12.8 Å². The minimum absolute atomic E-state index is 0.0371. The van der Waals surface area contributed by atoms with Crippen LogP contribution in [0.3, 0.4) is 0 Å². The van der Waals surface area contributed by atoms with Crippen molar-refractivity contribution >= 4 is 12.0 Å². The topological polar surface area (TPSA) is 87.7 Å². The van der Waals surface area contributed by atoms with Crippen LogP contribution >= 0.6 is 0 Å². The molecular weight excluding hydrogens is 236 g/mol. The first-order valence-electron chi connectivity index (χ1n) is 6.31. The Balaban J connectivity index is 4.03. The Morgan fingerprint density at radius 1 is 1.33 bits per heavy atom. The van der Waals surface area contributed by atoms with Gasteiger partial charge in [-0.3, -0.25) is 4.79 Å². The molecular formula is C12H24N2O4. The molecule has 18 heavy (non-hydrogen) atoms. The number of hydrogen-bond acceptors (Lipinski definition) is 3. The van der Waals surface area contributed by atoms with Crippen LogP contribution in [-0.4, -0.2) is 43.4 Å². The van der Waals surface area contributed by atoms with Gasteiger partial charge >= 0.3 is 12.0 Å². The van der Waals surface area contributed by atoms with E-state index < -0.39 is 11.9 Å². The summed E-state index contributed by atoms with van der Waals surface area (Å²) in [5.74, 6) is -1.43. The van der Waals surface area contributed by atoms with E-state index >= 15 is 0 Å². The van der Waals surface area contributed by atoms with Crippen molar-refractivity contribution in [1.29, 1.82) is 0 Å². The van der Waals surface area contributed by atoms with Gasteiger partial charge in [0, 0.05) is 13.7 Å². The fourth-order valence-electron chi connectivity index (χ4n) is 1.61. The zero-order valence-corrected chi connectivity index (χ0v) is 11.4. The Labute approximate surface area is 108 Å². The lowest BCUT2D eigenvalue weighted by Gasteiger charge is -2.18. The fourth-order valence-corrected chi connectivity index (χ4v) is 1.61. The molecule has 0 radical (unpaired) electrons. The van der Waals surface area contributed by atoms with Crippen LogP contribution < -0.4 is 10.6 Å². The molecule has 6 heteroatoms. The zero-order chi connectivity index (χ0) is 14.0. The molecule has 6 nitrogen and oxygen atoms in total. The fraction of sp³-hybridized carbons (Fsp3) is 0.833. The maximum absolute atomic E-state index is 11.6. The van der Waals surface area contributed by atoms with E-state index in [0.29, 0.717) is 13.0 Å². The molecule has 0 bridgehead atoms. The first-order chi connectivity index (χ1) is 8.54. The van der Waals surface area contributed by atoms with Crippen LogP contribution in [0, 0.1) is 5.92 Å². The van der Waals surface area contributed by atoms with Crippen molar-refractivity contribution < 1.29 is 19.4 Å². The van der Waals surface area contributed by atoms with Crippen molar-refractivity contribution in [2.24, 2.45) is 5.92 Å². The van der Waals surface area contributed by atoms with Crippen LogP contribution in [0.4, 0.5) is 4.79 Å². The number of methoxy groups -OCH3 is 1. The molecule has 0 aromatic rings. The molecule has 0 aliphatic rings. The third kappa shape index (κ3) is 7.11. The highest BCUT2D eigenvalue weighted by Gasteiger charge is 2.17. The molecule has 0 aliphatic heterocycles. The van der Waals surface area contributed by atoms with Crippen LogP contribution in [0.2, 0.25) is 0 Å². The van der Waals surface area contributed by atoms with Crippen molar-refractivity contribution in [3.05, 3.63) is 0 Å². The average molecular weight is 260 g/mol. The normalized spacial score (nSPS) is 13.7. The summed E-state index contributed by atoms with van der Waals surface area (Å²) in [5.41, 5.74) is 0. The zero-order valence-electron chi connectivity index (χ0n) is 11.4. The number of carboxylic acids is 1. The van der Waals surface area contributed by atoms with Gasteiger partial charge < -0.3 is 20.5 Å². The van der Waals surface area contributed by atoms with Gasteiger partial charge in [-0.25, -0.2) is 4.79 Å². The third-order valence-electron chi connectivity index (χ3n) is 2.69. The van der Waals surface area contributed by atoms with Crippen LogP contribution in [0.15, 0.2) is 0 Å². The predicted molar refractivity (Wildman–Crippen MR) is 68.5 cm³/mol. The van der Waals surface area contributed by atoms with E-state index in [1.165, 1.54) is 0 Å². The summed E-state index contributed by atoms with van der Waals surface area (Å²) in [6, 6.07) is -0.380. The number of hydrogen-bond donors (Lipinski definition) is 3. The summed E-state index contributed by atoms with van der Waals surface area (Å²) in [7, 11) is 1.58. The van der Waals surface area contributed by atoms with E-state index in [-0.39, 0.29) is 18.6 Å². The van der Waals surface area contributed by atoms with Gasteiger partial charge in [0.2, 0.25) is 0 Å². The molecule has 0 aliphatic carbocycles. The molecule has 3 N–H and O–H groups in total. The van der Waals surface area contributed by atoms with E-state index in [1.807, 2.05) is 6.92 Å². The maximum Gasteiger partial charge on any atom is 0.315 e. The second kappa shape index (κ2) is 9.70. The van der Waals surface area contributed by atoms with Crippen molar-refractivity contribution in [2.75, 3.05) is 20.3 Å². The molecule has 0 aromatic carbocycles. The van der Waals surface area contributed by atoms with E-state index in [1.54, 1.807) is 14.0 Å².